The third-order valence-electron chi connectivity index (χ3n) is 2.92. The topological polar surface area (TPSA) is 55.1 Å². The Balaban J connectivity index is 1.49. The van der Waals surface area contributed by atoms with Crippen molar-refractivity contribution in [1.29, 1.82) is 0 Å². The maximum Gasteiger partial charge on any atom is 0.256 e. The predicted molar refractivity (Wildman–Crippen MR) is 83.5 cm³/mol. The van der Waals surface area contributed by atoms with E-state index in [1.54, 1.807) is 12.1 Å². The number of rotatable bonds is 5. The van der Waals surface area contributed by atoms with Crippen molar-refractivity contribution in [3.8, 4) is 0 Å². The fourth-order valence-electron chi connectivity index (χ4n) is 1.91. The zero-order valence-corrected chi connectivity index (χ0v) is 12.1. The van der Waals surface area contributed by atoms with Crippen LogP contribution in [0.1, 0.15) is 10.4 Å². The molecule has 2 aromatic carbocycles. The first-order valence-corrected chi connectivity index (χ1v) is 7.63. The average Bonchev–Trinajstić information content (AvgIpc) is 2.95. The first-order chi connectivity index (χ1) is 10.3. The summed E-state index contributed by atoms with van der Waals surface area (Å²) in [6, 6.07) is 16.8. The number of aromatic nitrogens is 1. The number of para-hydroxylation sites is 2. The van der Waals surface area contributed by atoms with Crippen molar-refractivity contribution in [2.24, 2.45) is 0 Å². The summed E-state index contributed by atoms with van der Waals surface area (Å²) < 4.78 is 5.60. The number of carbonyl (C=O) groups excluding carboxylic acids is 1. The van der Waals surface area contributed by atoms with E-state index in [2.05, 4.69) is 10.3 Å². The highest BCUT2D eigenvalue weighted by atomic mass is 32.2. The Morgan fingerprint density at radius 2 is 1.86 bits per heavy atom. The van der Waals surface area contributed by atoms with Gasteiger partial charge < -0.3 is 9.73 Å². The minimum atomic E-state index is -0.0613. The zero-order chi connectivity index (χ0) is 14.5. The van der Waals surface area contributed by atoms with E-state index >= 15 is 0 Å². The first kappa shape index (κ1) is 13.7. The van der Waals surface area contributed by atoms with Gasteiger partial charge in [0.05, 0.1) is 0 Å². The molecule has 21 heavy (non-hydrogen) atoms. The minimum Gasteiger partial charge on any atom is -0.431 e. The summed E-state index contributed by atoms with van der Waals surface area (Å²) in [5.41, 5.74) is 2.31. The molecule has 0 bridgehead atoms. The Morgan fingerprint density at radius 3 is 2.67 bits per heavy atom. The number of benzene rings is 2. The number of nitrogens with zero attached hydrogens (tertiary/aromatic N) is 1. The molecule has 1 amide bonds. The summed E-state index contributed by atoms with van der Waals surface area (Å²) in [6.07, 6.45) is 0. The van der Waals surface area contributed by atoms with Gasteiger partial charge >= 0.3 is 0 Å². The number of oxazole rings is 1. The van der Waals surface area contributed by atoms with Crippen molar-refractivity contribution in [1.82, 2.24) is 10.3 Å². The summed E-state index contributed by atoms with van der Waals surface area (Å²) in [6.45, 7) is 0.567. The Kier molecular flexibility index (Phi) is 4.21. The number of nitrogens with one attached hydrogen (secondary N) is 1. The first-order valence-electron chi connectivity index (χ1n) is 6.64. The van der Waals surface area contributed by atoms with Crippen molar-refractivity contribution in [2.75, 3.05) is 12.3 Å². The van der Waals surface area contributed by atoms with Gasteiger partial charge in [0.25, 0.3) is 11.1 Å². The van der Waals surface area contributed by atoms with E-state index in [0.717, 1.165) is 11.1 Å². The molecule has 1 heterocycles. The van der Waals surface area contributed by atoms with Crippen LogP contribution in [0, 0.1) is 0 Å². The van der Waals surface area contributed by atoms with Gasteiger partial charge in [-0.1, -0.05) is 42.1 Å². The number of hydrogen-bond donors (Lipinski definition) is 1. The third kappa shape index (κ3) is 3.44. The second kappa shape index (κ2) is 6.45. The highest BCUT2D eigenvalue weighted by Crippen LogP contribution is 2.22. The van der Waals surface area contributed by atoms with Gasteiger partial charge in [-0.25, -0.2) is 4.98 Å². The molecule has 0 saturated carbocycles. The second-order valence-electron chi connectivity index (χ2n) is 4.42. The maximum atomic E-state index is 11.8. The van der Waals surface area contributed by atoms with Crippen LogP contribution in [-0.4, -0.2) is 23.2 Å². The zero-order valence-electron chi connectivity index (χ0n) is 11.3. The second-order valence-corrected chi connectivity index (χ2v) is 5.46. The van der Waals surface area contributed by atoms with E-state index < -0.39 is 0 Å². The van der Waals surface area contributed by atoms with Gasteiger partial charge in [-0.05, 0) is 24.3 Å². The summed E-state index contributed by atoms with van der Waals surface area (Å²) >= 11 is 1.49. The maximum absolute atomic E-state index is 11.8. The Bertz CT molecular complexity index is 707. The molecular formula is C16H14N2O2S. The lowest BCUT2D eigenvalue weighted by Gasteiger charge is -2.03. The fourth-order valence-corrected chi connectivity index (χ4v) is 2.60. The van der Waals surface area contributed by atoms with Crippen LogP contribution < -0.4 is 5.32 Å². The normalized spacial score (nSPS) is 10.7. The van der Waals surface area contributed by atoms with E-state index in [4.69, 9.17) is 4.42 Å². The lowest BCUT2D eigenvalue weighted by atomic mass is 10.2. The number of fused-ring (bicyclic) bond motifs is 1. The quantitative estimate of drug-likeness (QED) is 0.580. The van der Waals surface area contributed by atoms with Gasteiger partial charge in [-0.3, -0.25) is 4.79 Å². The lowest BCUT2D eigenvalue weighted by molar-refractivity contribution is 0.0956. The van der Waals surface area contributed by atoms with Crippen molar-refractivity contribution in [2.45, 2.75) is 5.22 Å². The van der Waals surface area contributed by atoms with E-state index in [1.165, 1.54) is 11.8 Å². The van der Waals surface area contributed by atoms with Crippen molar-refractivity contribution >= 4 is 28.8 Å². The van der Waals surface area contributed by atoms with E-state index in [-0.39, 0.29) is 5.91 Å². The average molecular weight is 298 g/mol. The Hall–Kier alpha value is -2.27. The van der Waals surface area contributed by atoms with Crippen LogP contribution in [0.4, 0.5) is 0 Å². The highest BCUT2D eigenvalue weighted by molar-refractivity contribution is 7.99. The van der Waals surface area contributed by atoms with Crippen molar-refractivity contribution in [3.05, 3.63) is 60.2 Å². The van der Waals surface area contributed by atoms with Crippen LogP contribution in [-0.2, 0) is 0 Å². The summed E-state index contributed by atoms with van der Waals surface area (Å²) in [5, 5.41) is 3.50. The largest absolute Gasteiger partial charge is 0.431 e. The van der Waals surface area contributed by atoms with E-state index in [9.17, 15) is 4.79 Å². The monoisotopic (exact) mass is 298 g/mol. The molecule has 0 aliphatic carbocycles. The highest BCUT2D eigenvalue weighted by Gasteiger charge is 2.06. The number of amides is 1. The molecule has 106 valence electrons. The molecule has 0 radical (unpaired) electrons. The number of thioether (sulfide) groups is 1. The lowest BCUT2D eigenvalue weighted by Crippen LogP contribution is -2.25. The third-order valence-corrected chi connectivity index (χ3v) is 3.75. The van der Waals surface area contributed by atoms with Gasteiger partial charge in [-0.2, -0.15) is 0 Å². The van der Waals surface area contributed by atoms with Crippen LogP contribution in [0.5, 0.6) is 0 Å². The SMILES string of the molecule is O=C(NCCSc1nc2ccccc2o1)c1ccccc1. The molecule has 4 nitrogen and oxygen atoms in total. The van der Waals surface area contributed by atoms with Crippen LogP contribution in [0.3, 0.4) is 0 Å². The summed E-state index contributed by atoms with van der Waals surface area (Å²) in [5.74, 6) is 0.652. The molecule has 0 aliphatic heterocycles. The fraction of sp³-hybridized carbons (Fsp3) is 0.125. The van der Waals surface area contributed by atoms with Crippen molar-refractivity contribution in [3.63, 3.8) is 0 Å². The molecule has 1 aromatic heterocycles. The van der Waals surface area contributed by atoms with E-state index in [1.807, 2.05) is 42.5 Å². The molecule has 1 N–H and O–H groups in total. The van der Waals surface area contributed by atoms with Gasteiger partial charge in [0.2, 0.25) is 0 Å². The molecular weight excluding hydrogens is 284 g/mol. The molecule has 3 aromatic rings. The van der Waals surface area contributed by atoms with Gasteiger partial charge in [-0.15, -0.1) is 0 Å². The molecule has 0 atom stereocenters. The standard InChI is InChI=1S/C16H14N2O2S/c19-15(12-6-2-1-3-7-12)17-10-11-21-16-18-13-8-4-5-9-14(13)20-16/h1-9H,10-11H2,(H,17,19). The van der Waals surface area contributed by atoms with Crippen LogP contribution >= 0.6 is 11.8 Å². The van der Waals surface area contributed by atoms with Crippen molar-refractivity contribution < 1.29 is 9.21 Å². The number of carbonyl (C=O) groups is 1. The molecule has 0 unspecified atom stereocenters. The van der Waals surface area contributed by atoms with Gasteiger partial charge in [0.15, 0.2) is 5.58 Å². The predicted octanol–water partition coefficient (Wildman–Crippen LogP) is 3.35. The van der Waals surface area contributed by atoms with Crippen LogP contribution in [0.25, 0.3) is 11.1 Å². The Morgan fingerprint density at radius 1 is 1.10 bits per heavy atom. The molecule has 0 saturated heterocycles. The molecule has 5 heteroatoms. The minimum absolute atomic E-state index is 0.0613. The van der Waals surface area contributed by atoms with Gasteiger partial charge in [0.1, 0.15) is 5.52 Å². The van der Waals surface area contributed by atoms with Crippen LogP contribution in [0.15, 0.2) is 64.2 Å². The van der Waals surface area contributed by atoms with Gasteiger partial charge in [0, 0.05) is 17.9 Å². The molecule has 0 fully saturated rings. The molecule has 3 rings (SSSR count). The Labute approximate surface area is 126 Å². The molecule has 0 spiro atoms. The number of hydrogen-bond acceptors (Lipinski definition) is 4. The summed E-state index contributed by atoms with van der Waals surface area (Å²) in [7, 11) is 0. The van der Waals surface area contributed by atoms with Crippen LogP contribution in [0.2, 0.25) is 0 Å². The summed E-state index contributed by atoms with van der Waals surface area (Å²) in [4.78, 5) is 16.2. The van der Waals surface area contributed by atoms with E-state index in [0.29, 0.717) is 23.1 Å². The smallest absolute Gasteiger partial charge is 0.256 e. The molecule has 0 aliphatic rings.